The van der Waals surface area contributed by atoms with E-state index >= 15 is 0 Å². The van der Waals surface area contributed by atoms with Crippen LogP contribution in [0.5, 0.6) is 0 Å². The van der Waals surface area contributed by atoms with E-state index in [9.17, 15) is 0 Å². The van der Waals surface area contributed by atoms with Crippen LogP contribution in [0.25, 0.3) is 0 Å². The molecular formula is C14H25NO2. The minimum absolute atomic E-state index is 0.173. The van der Waals surface area contributed by atoms with Crippen LogP contribution >= 0.6 is 0 Å². The van der Waals surface area contributed by atoms with E-state index in [1.165, 1.54) is 19.3 Å². The second-order valence-corrected chi connectivity index (χ2v) is 6.52. The Labute approximate surface area is 104 Å². The normalized spacial score (nSPS) is 40.8. The number of hydrogen-bond acceptors (Lipinski definition) is 3. The van der Waals surface area contributed by atoms with Gasteiger partial charge in [-0.25, -0.2) is 0 Å². The highest BCUT2D eigenvalue weighted by molar-refractivity contribution is 5.04. The summed E-state index contributed by atoms with van der Waals surface area (Å²) in [4.78, 5) is 0. The van der Waals surface area contributed by atoms with Gasteiger partial charge in [-0.1, -0.05) is 20.3 Å². The van der Waals surface area contributed by atoms with Crippen LogP contribution in [0.4, 0.5) is 0 Å². The van der Waals surface area contributed by atoms with E-state index in [2.05, 4.69) is 19.2 Å². The van der Waals surface area contributed by atoms with Crippen molar-refractivity contribution in [1.82, 2.24) is 5.32 Å². The molecule has 2 unspecified atom stereocenters. The van der Waals surface area contributed by atoms with Gasteiger partial charge in [-0.05, 0) is 31.6 Å². The summed E-state index contributed by atoms with van der Waals surface area (Å²) in [7, 11) is 0. The summed E-state index contributed by atoms with van der Waals surface area (Å²) in [5.41, 5.74) is 0.255. The fourth-order valence-electron chi connectivity index (χ4n) is 3.81. The van der Waals surface area contributed by atoms with E-state index in [1.807, 2.05) is 0 Å². The van der Waals surface area contributed by atoms with E-state index in [0.29, 0.717) is 17.4 Å². The van der Waals surface area contributed by atoms with E-state index in [-0.39, 0.29) is 5.72 Å². The van der Waals surface area contributed by atoms with Gasteiger partial charge in [-0.2, -0.15) is 0 Å². The third-order valence-electron chi connectivity index (χ3n) is 4.93. The summed E-state index contributed by atoms with van der Waals surface area (Å²) in [6.07, 6.45) is 6.26. The molecule has 1 aliphatic carbocycles. The fraction of sp³-hybridized carbons (Fsp3) is 1.00. The largest absolute Gasteiger partial charge is 0.377 e. The Morgan fingerprint density at radius 2 is 1.94 bits per heavy atom. The summed E-state index contributed by atoms with van der Waals surface area (Å²) >= 11 is 0. The predicted octanol–water partition coefficient (Wildman–Crippen LogP) is 2.31. The molecule has 3 fully saturated rings. The Bertz CT molecular complexity index is 280. The van der Waals surface area contributed by atoms with Crippen LogP contribution in [-0.4, -0.2) is 31.6 Å². The summed E-state index contributed by atoms with van der Waals surface area (Å²) in [5, 5.41) is 3.81. The molecule has 2 heterocycles. The second kappa shape index (κ2) is 4.22. The lowest BCUT2D eigenvalue weighted by Gasteiger charge is -2.58. The fourth-order valence-corrected chi connectivity index (χ4v) is 3.81. The van der Waals surface area contributed by atoms with Crippen molar-refractivity contribution < 1.29 is 9.47 Å². The van der Waals surface area contributed by atoms with Crippen LogP contribution in [0.1, 0.15) is 46.0 Å². The van der Waals surface area contributed by atoms with E-state index < -0.39 is 0 Å². The minimum atomic E-state index is -0.173. The van der Waals surface area contributed by atoms with Gasteiger partial charge >= 0.3 is 0 Å². The maximum Gasteiger partial charge on any atom is 0.143 e. The summed E-state index contributed by atoms with van der Waals surface area (Å²) in [6.45, 7) is 7.23. The topological polar surface area (TPSA) is 30.5 Å². The van der Waals surface area contributed by atoms with Gasteiger partial charge < -0.3 is 9.47 Å². The molecular weight excluding hydrogens is 214 g/mol. The zero-order valence-corrected chi connectivity index (χ0v) is 11.1. The SMILES string of the molecule is CC(C)C1NC2(CCCOC2)OCC12CCC2. The van der Waals surface area contributed by atoms with Crippen LogP contribution in [0.3, 0.4) is 0 Å². The first kappa shape index (κ1) is 11.9. The van der Waals surface area contributed by atoms with Crippen molar-refractivity contribution in [3.8, 4) is 0 Å². The van der Waals surface area contributed by atoms with Crippen molar-refractivity contribution >= 4 is 0 Å². The average Bonchev–Trinajstić information content (AvgIpc) is 2.28. The van der Waals surface area contributed by atoms with E-state index in [0.717, 1.165) is 32.7 Å². The highest BCUT2D eigenvalue weighted by Crippen LogP contribution is 2.50. The molecule has 98 valence electrons. The predicted molar refractivity (Wildman–Crippen MR) is 66.8 cm³/mol. The third-order valence-corrected chi connectivity index (χ3v) is 4.93. The third kappa shape index (κ3) is 1.92. The lowest BCUT2D eigenvalue weighted by molar-refractivity contribution is -0.230. The zero-order valence-electron chi connectivity index (χ0n) is 11.1. The highest BCUT2D eigenvalue weighted by Gasteiger charge is 2.53. The van der Waals surface area contributed by atoms with Crippen LogP contribution in [0.2, 0.25) is 0 Å². The quantitative estimate of drug-likeness (QED) is 0.761. The molecule has 2 saturated heterocycles. The number of hydrogen-bond donors (Lipinski definition) is 1. The lowest BCUT2D eigenvalue weighted by atomic mass is 9.61. The number of nitrogens with one attached hydrogen (secondary N) is 1. The molecule has 0 aromatic carbocycles. The van der Waals surface area contributed by atoms with Gasteiger partial charge in [-0.15, -0.1) is 0 Å². The van der Waals surface area contributed by atoms with Gasteiger partial charge in [0.2, 0.25) is 0 Å². The molecule has 1 saturated carbocycles. The summed E-state index contributed by atoms with van der Waals surface area (Å²) in [6, 6.07) is 0.603. The first-order valence-corrected chi connectivity index (χ1v) is 7.15. The van der Waals surface area contributed by atoms with Gasteiger partial charge in [0.25, 0.3) is 0 Å². The van der Waals surface area contributed by atoms with Gasteiger partial charge in [0.15, 0.2) is 0 Å². The van der Waals surface area contributed by atoms with Crippen LogP contribution in [-0.2, 0) is 9.47 Å². The highest BCUT2D eigenvalue weighted by atomic mass is 16.6. The van der Waals surface area contributed by atoms with Crippen molar-refractivity contribution in [1.29, 1.82) is 0 Å². The lowest BCUT2D eigenvalue weighted by Crippen LogP contribution is -2.70. The average molecular weight is 239 g/mol. The van der Waals surface area contributed by atoms with Gasteiger partial charge in [0, 0.05) is 18.1 Å². The van der Waals surface area contributed by atoms with Gasteiger partial charge in [0.05, 0.1) is 13.2 Å². The first-order chi connectivity index (χ1) is 8.16. The number of rotatable bonds is 1. The molecule has 0 amide bonds. The minimum Gasteiger partial charge on any atom is -0.377 e. The molecule has 2 aliphatic heterocycles. The molecule has 2 atom stereocenters. The van der Waals surface area contributed by atoms with Gasteiger partial charge in [-0.3, -0.25) is 5.32 Å². The Kier molecular flexibility index (Phi) is 2.96. The zero-order chi connectivity index (χ0) is 11.9. The van der Waals surface area contributed by atoms with Gasteiger partial charge in [0.1, 0.15) is 5.72 Å². The molecule has 1 N–H and O–H groups in total. The molecule has 0 aromatic rings. The van der Waals surface area contributed by atoms with Crippen molar-refractivity contribution in [2.75, 3.05) is 19.8 Å². The molecule has 3 nitrogen and oxygen atoms in total. The maximum absolute atomic E-state index is 6.21. The van der Waals surface area contributed by atoms with Crippen molar-refractivity contribution in [2.45, 2.75) is 57.7 Å². The molecule has 0 radical (unpaired) electrons. The van der Waals surface area contributed by atoms with Crippen LogP contribution < -0.4 is 5.32 Å². The van der Waals surface area contributed by atoms with Crippen molar-refractivity contribution in [2.24, 2.45) is 11.3 Å². The molecule has 3 aliphatic rings. The van der Waals surface area contributed by atoms with Crippen LogP contribution in [0, 0.1) is 11.3 Å². The number of ether oxygens (including phenoxy) is 2. The maximum atomic E-state index is 6.21. The van der Waals surface area contributed by atoms with Crippen molar-refractivity contribution in [3.63, 3.8) is 0 Å². The first-order valence-electron chi connectivity index (χ1n) is 7.15. The molecule has 2 spiro atoms. The Morgan fingerprint density at radius 1 is 1.12 bits per heavy atom. The second-order valence-electron chi connectivity index (χ2n) is 6.52. The smallest absolute Gasteiger partial charge is 0.143 e. The monoisotopic (exact) mass is 239 g/mol. The Morgan fingerprint density at radius 3 is 2.47 bits per heavy atom. The van der Waals surface area contributed by atoms with Crippen molar-refractivity contribution in [3.05, 3.63) is 0 Å². The van der Waals surface area contributed by atoms with Crippen LogP contribution in [0.15, 0.2) is 0 Å². The Hall–Kier alpha value is -0.120. The molecule has 0 aromatic heterocycles. The summed E-state index contributed by atoms with van der Waals surface area (Å²) < 4.78 is 11.8. The Balaban J connectivity index is 1.76. The van der Waals surface area contributed by atoms with E-state index in [1.54, 1.807) is 0 Å². The molecule has 3 rings (SSSR count). The summed E-state index contributed by atoms with van der Waals surface area (Å²) in [5.74, 6) is 0.679. The standard InChI is InChI=1S/C14H25NO2/c1-11(2)12-13(5-3-6-13)9-17-14(15-12)7-4-8-16-10-14/h11-12,15H,3-10H2,1-2H3. The molecule has 17 heavy (non-hydrogen) atoms. The molecule has 3 heteroatoms. The molecule has 0 bridgehead atoms. The van der Waals surface area contributed by atoms with E-state index in [4.69, 9.17) is 9.47 Å².